The minimum Gasteiger partial charge on any atom is -0.463 e. The SMILES string of the molecule is CSCCSc1nnnn1C(=O)O. The maximum atomic E-state index is 10.5. The molecule has 13 heavy (non-hydrogen) atoms. The van der Waals surface area contributed by atoms with Gasteiger partial charge in [0, 0.05) is 11.5 Å². The van der Waals surface area contributed by atoms with Gasteiger partial charge in [0.05, 0.1) is 0 Å². The summed E-state index contributed by atoms with van der Waals surface area (Å²) >= 11 is 3.02. The maximum absolute atomic E-state index is 10.5. The summed E-state index contributed by atoms with van der Waals surface area (Å²) in [6.45, 7) is 0. The Morgan fingerprint density at radius 1 is 1.62 bits per heavy atom. The second-order valence-corrected chi connectivity index (χ2v) is 4.04. The number of aromatic nitrogens is 4. The van der Waals surface area contributed by atoms with Crippen LogP contribution in [-0.4, -0.2) is 49.2 Å². The molecule has 0 aliphatic carbocycles. The standard InChI is InChI=1S/C5H8N4O2S2/c1-12-2-3-13-4-6-7-8-9(4)5(10)11/h2-3H2,1H3,(H,10,11). The molecule has 0 unspecified atom stereocenters. The van der Waals surface area contributed by atoms with Crippen LogP contribution in [0.5, 0.6) is 0 Å². The van der Waals surface area contributed by atoms with Crippen LogP contribution in [0.15, 0.2) is 5.16 Å². The van der Waals surface area contributed by atoms with Crippen molar-refractivity contribution in [1.29, 1.82) is 0 Å². The van der Waals surface area contributed by atoms with Crippen LogP contribution in [0.3, 0.4) is 0 Å². The highest BCUT2D eigenvalue weighted by Gasteiger charge is 2.11. The molecular weight excluding hydrogens is 212 g/mol. The van der Waals surface area contributed by atoms with Gasteiger partial charge < -0.3 is 5.11 Å². The zero-order valence-corrected chi connectivity index (χ0v) is 8.51. The monoisotopic (exact) mass is 220 g/mol. The maximum Gasteiger partial charge on any atom is 0.436 e. The third-order valence-corrected chi connectivity index (χ3v) is 2.93. The fourth-order valence-electron chi connectivity index (χ4n) is 0.605. The molecule has 1 aromatic rings. The van der Waals surface area contributed by atoms with E-state index < -0.39 is 6.09 Å². The van der Waals surface area contributed by atoms with E-state index in [0.717, 1.165) is 16.2 Å². The molecule has 0 saturated carbocycles. The third-order valence-electron chi connectivity index (χ3n) is 1.14. The van der Waals surface area contributed by atoms with Crippen molar-refractivity contribution < 1.29 is 9.90 Å². The topological polar surface area (TPSA) is 80.9 Å². The number of carbonyl (C=O) groups is 1. The number of hydrogen-bond donors (Lipinski definition) is 1. The van der Waals surface area contributed by atoms with E-state index in [4.69, 9.17) is 5.11 Å². The predicted molar refractivity (Wildman–Crippen MR) is 50.3 cm³/mol. The molecule has 8 heteroatoms. The van der Waals surface area contributed by atoms with Crippen LogP contribution in [0, 0.1) is 0 Å². The van der Waals surface area contributed by atoms with Gasteiger partial charge in [0.1, 0.15) is 0 Å². The van der Waals surface area contributed by atoms with E-state index in [1.807, 2.05) is 6.26 Å². The minimum atomic E-state index is -1.16. The number of hydrogen-bond acceptors (Lipinski definition) is 6. The Balaban J connectivity index is 2.55. The van der Waals surface area contributed by atoms with Gasteiger partial charge in [-0.05, 0) is 16.7 Å². The van der Waals surface area contributed by atoms with Crippen molar-refractivity contribution in [3.05, 3.63) is 0 Å². The van der Waals surface area contributed by atoms with Gasteiger partial charge in [-0.1, -0.05) is 11.8 Å². The second-order valence-electron chi connectivity index (χ2n) is 2.00. The Hall–Kier alpha value is -0.760. The van der Waals surface area contributed by atoms with Crippen LogP contribution in [-0.2, 0) is 0 Å². The van der Waals surface area contributed by atoms with Crippen LogP contribution in [0.4, 0.5) is 4.79 Å². The summed E-state index contributed by atoms with van der Waals surface area (Å²) in [7, 11) is 0. The van der Waals surface area contributed by atoms with E-state index in [1.165, 1.54) is 11.8 Å². The first-order valence-electron chi connectivity index (χ1n) is 3.39. The van der Waals surface area contributed by atoms with Crippen molar-refractivity contribution >= 4 is 29.6 Å². The summed E-state index contributed by atoms with van der Waals surface area (Å²) in [5.74, 6) is 1.74. The number of tetrazole rings is 1. The van der Waals surface area contributed by atoms with Crippen molar-refractivity contribution in [2.45, 2.75) is 5.16 Å². The normalized spacial score (nSPS) is 10.2. The first kappa shape index (κ1) is 10.3. The van der Waals surface area contributed by atoms with E-state index in [9.17, 15) is 4.79 Å². The second kappa shape index (κ2) is 5.07. The van der Waals surface area contributed by atoms with E-state index in [2.05, 4.69) is 15.5 Å². The summed E-state index contributed by atoms with van der Waals surface area (Å²) in [5, 5.41) is 19.1. The van der Waals surface area contributed by atoms with Gasteiger partial charge in [-0.2, -0.15) is 11.8 Å². The van der Waals surface area contributed by atoms with Crippen molar-refractivity contribution in [2.24, 2.45) is 0 Å². The average molecular weight is 220 g/mol. The summed E-state index contributed by atoms with van der Waals surface area (Å²) in [4.78, 5) is 10.5. The molecular formula is C5H8N4O2S2. The molecule has 1 aromatic heterocycles. The summed E-state index contributed by atoms with van der Waals surface area (Å²) in [6.07, 6.45) is 0.831. The number of nitrogens with zero attached hydrogens (tertiary/aromatic N) is 4. The highest BCUT2D eigenvalue weighted by Crippen LogP contribution is 2.14. The van der Waals surface area contributed by atoms with Crippen LogP contribution < -0.4 is 0 Å². The smallest absolute Gasteiger partial charge is 0.436 e. The highest BCUT2D eigenvalue weighted by atomic mass is 32.2. The van der Waals surface area contributed by atoms with Gasteiger partial charge in [-0.3, -0.25) is 0 Å². The lowest BCUT2D eigenvalue weighted by molar-refractivity contribution is 0.189. The van der Waals surface area contributed by atoms with E-state index >= 15 is 0 Å². The molecule has 0 saturated heterocycles. The van der Waals surface area contributed by atoms with Gasteiger partial charge in [-0.15, -0.1) is 9.78 Å². The van der Waals surface area contributed by atoms with Gasteiger partial charge >= 0.3 is 6.09 Å². The molecule has 1 N–H and O–H groups in total. The molecule has 72 valence electrons. The molecule has 0 atom stereocenters. The molecule has 0 aromatic carbocycles. The van der Waals surface area contributed by atoms with Gasteiger partial charge in [0.15, 0.2) is 0 Å². The predicted octanol–water partition coefficient (Wildman–Crippen LogP) is 0.654. The molecule has 0 aliphatic heterocycles. The van der Waals surface area contributed by atoms with Gasteiger partial charge in [-0.25, -0.2) is 4.79 Å². The lowest BCUT2D eigenvalue weighted by Crippen LogP contribution is -2.11. The summed E-state index contributed by atoms with van der Waals surface area (Å²) < 4.78 is 0.769. The van der Waals surface area contributed by atoms with Crippen molar-refractivity contribution in [3.63, 3.8) is 0 Å². The highest BCUT2D eigenvalue weighted by molar-refractivity contribution is 8.02. The Morgan fingerprint density at radius 3 is 3.00 bits per heavy atom. The molecule has 0 amide bonds. The number of carboxylic acid groups (broad SMARTS) is 1. The van der Waals surface area contributed by atoms with E-state index in [-0.39, 0.29) is 0 Å². The molecule has 6 nitrogen and oxygen atoms in total. The molecule has 1 heterocycles. The summed E-state index contributed by atoms with van der Waals surface area (Å²) in [6, 6.07) is 0. The van der Waals surface area contributed by atoms with Gasteiger partial charge in [0.25, 0.3) is 0 Å². The first-order valence-corrected chi connectivity index (χ1v) is 5.77. The summed E-state index contributed by atoms with van der Waals surface area (Å²) in [5.41, 5.74) is 0. The number of rotatable bonds is 4. The van der Waals surface area contributed by atoms with E-state index in [0.29, 0.717) is 5.16 Å². The molecule has 0 bridgehead atoms. The lowest BCUT2D eigenvalue weighted by Gasteiger charge is -1.96. The van der Waals surface area contributed by atoms with Crippen LogP contribution in [0.25, 0.3) is 0 Å². The van der Waals surface area contributed by atoms with Crippen molar-refractivity contribution in [3.8, 4) is 0 Å². The number of thioether (sulfide) groups is 2. The lowest BCUT2D eigenvalue weighted by atomic mass is 11.0. The average Bonchev–Trinajstić information content (AvgIpc) is 2.53. The molecule has 0 spiro atoms. The fourth-order valence-corrected chi connectivity index (χ4v) is 2.12. The third kappa shape index (κ3) is 2.88. The molecule has 1 rings (SSSR count). The van der Waals surface area contributed by atoms with Crippen molar-refractivity contribution in [1.82, 2.24) is 20.2 Å². The largest absolute Gasteiger partial charge is 0.463 e. The van der Waals surface area contributed by atoms with E-state index in [1.54, 1.807) is 11.8 Å². The molecule has 0 radical (unpaired) electrons. The van der Waals surface area contributed by atoms with Crippen molar-refractivity contribution in [2.75, 3.05) is 17.8 Å². The molecule has 0 aliphatic rings. The fraction of sp³-hybridized carbons (Fsp3) is 0.600. The Kier molecular flexibility index (Phi) is 4.03. The van der Waals surface area contributed by atoms with Crippen LogP contribution in [0.1, 0.15) is 0 Å². The zero-order chi connectivity index (χ0) is 9.68. The van der Waals surface area contributed by atoms with Crippen LogP contribution >= 0.6 is 23.5 Å². The Morgan fingerprint density at radius 2 is 2.38 bits per heavy atom. The Bertz CT molecular complexity index is 290. The Labute approximate surface area is 83.1 Å². The zero-order valence-electron chi connectivity index (χ0n) is 6.88. The minimum absolute atomic E-state index is 0.321. The van der Waals surface area contributed by atoms with Crippen LogP contribution in [0.2, 0.25) is 0 Å². The first-order chi connectivity index (χ1) is 6.25. The molecule has 0 fully saturated rings. The quantitative estimate of drug-likeness (QED) is 0.453. The van der Waals surface area contributed by atoms with Gasteiger partial charge in [0.2, 0.25) is 5.16 Å².